The fraction of sp³-hybridized carbons (Fsp3) is 0.419. The van der Waals surface area contributed by atoms with E-state index < -0.39 is 18.8 Å². The molecule has 41 heavy (non-hydrogen) atoms. The van der Waals surface area contributed by atoms with E-state index in [2.05, 4.69) is 18.4 Å². The zero-order valence-corrected chi connectivity index (χ0v) is 22.9. The maximum Gasteiger partial charge on any atom is 0.415 e. The molecule has 1 spiro atoms. The number of hydrogen-bond acceptors (Lipinski definition) is 6. The van der Waals surface area contributed by atoms with Crippen LogP contribution in [-0.2, 0) is 17.8 Å². The van der Waals surface area contributed by atoms with Crippen molar-refractivity contribution in [2.75, 3.05) is 44.2 Å². The van der Waals surface area contributed by atoms with Gasteiger partial charge in [0.1, 0.15) is 11.6 Å². The summed E-state index contributed by atoms with van der Waals surface area (Å²) >= 11 is 0. The third-order valence-corrected chi connectivity index (χ3v) is 8.87. The first-order chi connectivity index (χ1) is 19.5. The van der Waals surface area contributed by atoms with Crippen molar-refractivity contribution in [1.29, 1.82) is 0 Å². The predicted octanol–water partition coefficient (Wildman–Crippen LogP) is 4.42. The molecule has 3 aliphatic rings. The van der Waals surface area contributed by atoms with Crippen LogP contribution in [0.2, 0.25) is 0 Å². The Balaban J connectivity index is 1.41. The molecule has 10 heteroatoms. The Bertz CT molecular complexity index is 1530. The lowest BCUT2D eigenvalue weighted by Crippen LogP contribution is -2.59. The molecule has 2 aromatic carbocycles. The summed E-state index contributed by atoms with van der Waals surface area (Å²) in [5.74, 6) is 0.912. The summed E-state index contributed by atoms with van der Waals surface area (Å²) in [6.07, 6.45) is -4.34. The minimum absolute atomic E-state index is 0.0112. The summed E-state index contributed by atoms with van der Waals surface area (Å²) < 4.78 is 39.4. The van der Waals surface area contributed by atoms with E-state index in [0.29, 0.717) is 26.1 Å². The van der Waals surface area contributed by atoms with Gasteiger partial charge in [0.15, 0.2) is 6.10 Å². The number of aliphatic hydroxyl groups excluding tert-OH is 1. The largest absolute Gasteiger partial charge is 0.508 e. The van der Waals surface area contributed by atoms with Gasteiger partial charge < -0.3 is 20.0 Å². The minimum atomic E-state index is -4.68. The summed E-state index contributed by atoms with van der Waals surface area (Å²) in [5, 5.41) is 21.7. The molecule has 6 rings (SSSR count). The van der Waals surface area contributed by atoms with Gasteiger partial charge in [-0.15, -0.1) is 0 Å². The third kappa shape index (κ3) is 4.93. The summed E-state index contributed by atoms with van der Waals surface area (Å²) in [6, 6.07) is 11.2. The van der Waals surface area contributed by atoms with Crippen molar-refractivity contribution in [1.82, 2.24) is 14.8 Å². The highest BCUT2D eigenvalue weighted by molar-refractivity contribution is 5.99. The number of alkyl halides is 3. The zero-order chi connectivity index (χ0) is 29.1. The number of phenols is 1. The lowest BCUT2D eigenvalue weighted by Gasteiger charge is -2.47. The normalized spacial score (nSPS) is 19.3. The molecular weight excluding hydrogens is 533 g/mol. The molecule has 0 radical (unpaired) electrons. The quantitative estimate of drug-likeness (QED) is 0.445. The van der Waals surface area contributed by atoms with E-state index >= 15 is 0 Å². The van der Waals surface area contributed by atoms with Crippen molar-refractivity contribution in [3.05, 3.63) is 65.9 Å². The zero-order valence-electron chi connectivity index (χ0n) is 22.9. The van der Waals surface area contributed by atoms with Gasteiger partial charge in [-0.25, -0.2) is 4.98 Å². The standard InChI is InChI=1S/C31H33F3N4O3/c1-3-27(41)38-17-30(18-38)10-12-37(16-30)29-19(2)28(23-6-4-5-20-13-21(39)7-8-22(20)23)24-9-11-36(14-25(24)35-29)15-26(40)31(32,33)34/h3-8,13,26,39-40H,1,9-12,14-18H2,2H3. The van der Waals surface area contributed by atoms with Crippen LogP contribution in [0.25, 0.3) is 21.9 Å². The van der Waals surface area contributed by atoms with Gasteiger partial charge in [-0.2, -0.15) is 13.2 Å². The van der Waals surface area contributed by atoms with Gasteiger partial charge in [-0.1, -0.05) is 30.8 Å². The van der Waals surface area contributed by atoms with E-state index in [0.717, 1.165) is 64.0 Å². The number of halogens is 3. The molecule has 1 aromatic heterocycles. The second-order valence-corrected chi connectivity index (χ2v) is 11.7. The number of carbonyl (C=O) groups is 1. The Labute approximate surface area is 236 Å². The molecule has 0 bridgehead atoms. The fourth-order valence-corrected chi connectivity index (χ4v) is 6.81. The first kappa shape index (κ1) is 27.5. The number of benzene rings is 2. The van der Waals surface area contributed by atoms with Crippen molar-refractivity contribution in [3.63, 3.8) is 0 Å². The van der Waals surface area contributed by atoms with Gasteiger partial charge in [0.25, 0.3) is 0 Å². The molecule has 0 saturated carbocycles. The molecule has 7 nitrogen and oxygen atoms in total. The third-order valence-electron chi connectivity index (χ3n) is 8.87. The molecule has 2 N–H and O–H groups in total. The van der Waals surface area contributed by atoms with E-state index in [-0.39, 0.29) is 23.6 Å². The molecule has 0 aliphatic carbocycles. The summed E-state index contributed by atoms with van der Waals surface area (Å²) in [5.41, 5.74) is 4.73. The highest BCUT2D eigenvalue weighted by Gasteiger charge is 2.49. The maximum absolute atomic E-state index is 13.1. The van der Waals surface area contributed by atoms with E-state index in [1.165, 1.54) is 6.08 Å². The van der Waals surface area contributed by atoms with E-state index in [9.17, 15) is 28.2 Å². The average Bonchev–Trinajstić information content (AvgIpc) is 3.36. The van der Waals surface area contributed by atoms with Crippen LogP contribution in [0.15, 0.2) is 49.1 Å². The topological polar surface area (TPSA) is 80.1 Å². The van der Waals surface area contributed by atoms with Crippen LogP contribution in [0.4, 0.5) is 19.0 Å². The van der Waals surface area contributed by atoms with E-state index in [1.54, 1.807) is 21.9 Å². The van der Waals surface area contributed by atoms with Gasteiger partial charge >= 0.3 is 6.18 Å². The van der Waals surface area contributed by atoms with Crippen molar-refractivity contribution in [2.45, 2.75) is 38.6 Å². The van der Waals surface area contributed by atoms with Crippen LogP contribution in [0.1, 0.15) is 23.2 Å². The first-order valence-corrected chi connectivity index (χ1v) is 13.9. The van der Waals surface area contributed by atoms with Crippen LogP contribution < -0.4 is 4.90 Å². The number of anilines is 1. The van der Waals surface area contributed by atoms with Crippen LogP contribution in [0, 0.1) is 12.3 Å². The Morgan fingerprint density at radius 3 is 2.71 bits per heavy atom. The number of aromatic nitrogens is 1. The summed E-state index contributed by atoms with van der Waals surface area (Å²) in [4.78, 5) is 22.8. The molecule has 3 aliphatic heterocycles. The number of β-amino-alcohol motifs (C(OH)–C–C–N with tert-alkyl or cyclic N) is 1. The van der Waals surface area contributed by atoms with Crippen molar-refractivity contribution >= 4 is 22.5 Å². The number of nitrogens with zero attached hydrogens (tertiary/aromatic N) is 4. The van der Waals surface area contributed by atoms with E-state index in [1.807, 2.05) is 24.3 Å². The van der Waals surface area contributed by atoms with E-state index in [4.69, 9.17) is 4.98 Å². The molecule has 2 fully saturated rings. The predicted molar refractivity (Wildman–Crippen MR) is 151 cm³/mol. The minimum Gasteiger partial charge on any atom is -0.508 e. The Morgan fingerprint density at radius 1 is 1.20 bits per heavy atom. The smallest absolute Gasteiger partial charge is 0.415 e. The number of hydrogen-bond donors (Lipinski definition) is 2. The van der Waals surface area contributed by atoms with Gasteiger partial charge in [0.2, 0.25) is 5.91 Å². The molecule has 216 valence electrons. The molecule has 4 heterocycles. The molecule has 1 atom stereocenters. The first-order valence-electron chi connectivity index (χ1n) is 13.9. The number of phenolic OH excluding ortho intramolecular Hbond substituents is 1. The molecule has 2 saturated heterocycles. The number of pyridine rings is 1. The molecule has 1 unspecified atom stereocenters. The van der Waals surface area contributed by atoms with Crippen molar-refractivity contribution < 1.29 is 28.2 Å². The van der Waals surface area contributed by atoms with Gasteiger partial charge in [-0.3, -0.25) is 9.69 Å². The second-order valence-electron chi connectivity index (χ2n) is 11.7. The van der Waals surface area contributed by atoms with Crippen molar-refractivity contribution in [3.8, 4) is 16.9 Å². The Kier molecular flexibility index (Phi) is 6.73. The number of carbonyl (C=O) groups excluding carboxylic acids is 1. The Hall–Kier alpha value is -3.63. The number of aliphatic hydroxyl groups is 1. The molecular formula is C31H33F3N4O3. The molecule has 1 amide bonds. The highest BCUT2D eigenvalue weighted by atomic mass is 19.4. The second kappa shape index (κ2) is 10.0. The van der Waals surface area contributed by atoms with Crippen LogP contribution >= 0.6 is 0 Å². The van der Waals surface area contributed by atoms with Gasteiger partial charge in [-0.05, 0) is 71.0 Å². The Morgan fingerprint density at radius 2 is 1.98 bits per heavy atom. The lowest BCUT2D eigenvalue weighted by molar-refractivity contribution is -0.208. The maximum atomic E-state index is 13.1. The van der Waals surface area contributed by atoms with Crippen LogP contribution in [-0.4, -0.2) is 82.5 Å². The monoisotopic (exact) mass is 566 g/mol. The summed E-state index contributed by atoms with van der Waals surface area (Å²) in [6.45, 7) is 8.55. The van der Waals surface area contributed by atoms with Crippen LogP contribution in [0.3, 0.4) is 0 Å². The SMILES string of the molecule is C=CC(=O)N1CC2(CCN(c3nc4c(c(-c5cccc6cc(O)ccc56)c3C)CCN(CC(O)C(F)(F)F)C4)C2)C1. The lowest BCUT2D eigenvalue weighted by atomic mass is 9.79. The summed E-state index contributed by atoms with van der Waals surface area (Å²) in [7, 11) is 0. The fourth-order valence-electron chi connectivity index (χ4n) is 6.81. The van der Waals surface area contributed by atoms with Gasteiger partial charge in [0, 0.05) is 51.2 Å². The number of likely N-dealkylation sites (tertiary alicyclic amines) is 1. The number of rotatable bonds is 5. The molecule has 3 aromatic rings. The van der Waals surface area contributed by atoms with Crippen molar-refractivity contribution in [2.24, 2.45) is 5.41 Å². The van der Waals surface area contributed by atoms with Crippen LogP contribution in [0.5, 0.6) is 5.75 Å². The number of fused-ring (bicyclic) bond motifs is 2. The van der Waals surface area contributed by atoms with Gasteiger partial charge in [0.05, 0.1) is 5.69 Å². The average molecular weight is 567 g/mol. The number of amides is 1. The highest BCUT2D eigenvalue weighted by Crippen LogP contribution is 2.45. The number of aromatic hydroxyl groups is 1.